The van der Waals surface area contributed by atoms with E-state index in [0.717, 1.165) is 14.6 Å². The molecule has 1 N–H and O–H groups in total. The van der Waals surface area contributed by atoms with Crippen LogP contribution in [0.25, 0.3) is 0 Å². The van der Waals surface area contributed by atoms with Crippen molar-refractivity contribution in [2.75, 3.05) is 5.75 Å². The first kappa shape index (κ1) is 16.1. The third-order valence-electron chi connectivity index (χ3n) is 2.63. The highest BCUT2D eigenvalue weighted by molar-refractivity contribution is 8.00. The summed E-state index contributed by atoms with van der Waals surface area (Å²) in [5, 5.41) is 3.41. The van der Waals surface area contributed by atoms with Gasteiger partial charge in [0.1, 0.15) is 0 Å². The molecule has 2 aromatic rings. The first-order chi connectivity index (χ1) is 10.0. The van der Waals surface area contributed by atoms with Crippen LogP contribution < -0.4 is 5.32 Å². The van der Waals surface area contributed by atoms with E-state index in [1.165, 1.54) is 30.0 Å². The van der Waals surface area contributed by atoms with Gasteiger partial charge >= 0.3 is 0 Å². The van der Waals surface area contributed by atoms with Crippen LogP contribution in [-0.2, 0) is 11.3 Å². The molecule has 0 spiro atoms. The van der Waals surface area contributed by atoms with E-state index in [4.69, 9.17) is 11.6 Å². The summed E-state index contributed by atoms with van der Waals surface area (Å²) in [7, 11) is 0. The van der Waals surface area contributed by atoms with Gasteiger partial charge in [-0.2, -0.15) is 0 Å². The fourth-order valence-corrected chi connectivity index (χ4v) is 3.47. The fourth-order valence-electron chi connectivity index (χ4n) is 1.59. The lowest BCUT2D eigenvalue weighted by Gasteiger charge is -2.00. The van der Waals surface area contributed by atoms with Gasteiger partial charge in [0.25, 0.3) is 0 Å². The molecule has 0 aliphatic heterocycles. The molecule has 1 aromatic heterocycles. The van der Waals surface area contributed by atoms with Crippen LogP contribution in [0.5, 0.6) is 0 Å². The van der Waals surface area contributed by atoms with Crippen molar-refractivity contribution in [3.63, 3.8) is 0 Å². The van der Waals surface area contributed by atoms with Gasteiger partial charge in [0, 0.05) is 21.7 Å². The summed E-state index contributed by atoms with van der Waals surface area (Å²) in [5.41, 5.74) is 0. The lowest BCUT2D eigenvalue weighted by molar-refractivity contribution is -0.119. The van der Waals surface area contributed by atoms with Crippen molar-refractivity contribution in [2.45, 2.75) is 18.4 Å². The molecule has 0 atom stereocenters. The van der Waals surface area contributed by atoms with Crippen molar-refractivity contribution < 1.29 is 9.59 Å². The van der Waals surface area contributed by atoms with Crippen molar-refractivity contribution in [2.24, 2.45) is 0 Å². The van der Waals surface area contributed by atoms with Crippen molar-refractivity contribution in [1.29, 1.82) is 0 Å². The van der Waals surface area contributed by atoms with Crippen molar-refractivity contribution in [3.8, 4) is 0 Å². The van der Waals surface area contributed by atoms with Crippen LogP contribution in [0.1, 0.15) is 21.5 Å². The van der Waals surface area contributed by atoms with Crippen LogP contribution in [0.4, 0.5) is 0 Å². The molecular formula is C15H14ClNO2S2. The molecular weight excluding hydrogens is 326 g/mol. The number of halogens is 1. The zero-order chi connectivity index (χ0) is 15.2. The zero-order valence-corrected chi connectivity index (χ0v) is 13.8. The van der Waals surface area contributed by atoms with Crippen LogP contribution >= 0.6 is 34.7 Å². The second-order valence-corrected chi connectivity index (χ2v) is 6.99. The van der Waals surface area contributed by atoms with Crippen LogP contribution in [0.3, 0.4) is 0 Å². The molecule has 1 heterocycles. The average molecular weight is 340 g/mol. The number of benzene rings is 1. The third-order valence-corrected chi connectivity index (χ3v) is 5.02. The van der Waals surface area contributed by atoms with Gasteiger partial charge in [-0.1, -0.05) is 11.6 Å². The number of nitrogens with one attached hydrogen (secondary N) is 1. The number of thioether (sulfide) groups is 1. The quantitative estimate of drug-likeness (QED) is 0.639. The molecule has 0 saturated carbocycles. The van der Waals surface area contributed by atoms with Gasteiger partial charge in [0.2, 0.25) is 5.91 Å². The zero-order valence-electron chi connectivity index (χ0n) is 11.4. The Morgan fingerprint density at radius 3 is 2.57 bits per heavy atom. The molecule has 0 bridgehead atoms. The smallest absolute Gasteiger partial charge is 0.217 e. The number of ketones is 1. The number of carbonyl (C=O) groups is 2. The highest BCUT2D eigenvalue weighted by Gasteiger charge is 2.10. The Bertz CT molecular complexity index is 637. The van der Waals surface area contributed by atoms with E-state index < -0.39 is 0 Å². The molecule has 0 unspecified atom stereocenters. The highest BCUT2D eigenvalue weighted by Crippen LogP contribution is 2.23. The van der Waals surface area contributed by atoms with Crippen molar-refractivity contribution >= 4 is 46.4 Å². The largest absolute Gasteiger partial charge is 0.351 e. The van der Waals surface area contributed by atoms with Gasteiger partial charge in [0.05, 0.1) is 17.2 Å². The minimum atomic E-state index is -0.0745. The number of hydrogen-bond donors (Lipinski definition) is 1. The van der Waals surface area contributed by atoms with Gasteiger partial charge in [-0.15, -0.1) is 23.1 Å². The fraction of sp³-hybridized carbons (Fsp3) is 0.200. The molecule has 0 radical (unpaired) electrons. The van der Waals surface area contributed by atoms with E-state index >= 15 is 0 Å². The average Bonchev–Trinajstić information content (AvgIpc) is 2.93. The molecule has 6 heteroatoms. The molecule has 0 fully saturated rings. The number of carbonyl (C=O) groups excluding carboxylic acids is 2. The van der Waals surface area contributed by atoms with E-state index in [1.54, 1.807) is 0 Å². The number of hydrogen-bond acceptors (Lipinski definition) is 4. The van der Waals surface area contributed by atoms with Gasteiger partial charge in [-0.05, 0) is 36.4 Å². The molecule has 0 aliphatic carbocycles. The predicted octanol–water partition coefficient (Wildman–Crippen LogP) is 4.01. The Hall–Kier alpha value is -1.30. The van der Waals surface area contributed by atoms with Crippen LogP contribution in [0, 0.1) is 0 Å². The topological polar surface area (TPSA) is 46.2 Å². The molecule has 1 aromatic carbocycles. The van der Waals surface area contributed by atoms with Crippen LogP contribution in [0.15, 0.2) is 41.3 Å². The summed E-state index contributed by atoms with van der Waals surface area (Å²) in [4.78, 5) is 25.7. The Morgan fingerprint density at radius 2 is 1.90 bits per heavy atom. The van der Waals surface area contributed by atoms with Crippen LogP contribution in [0.2, 0.25) is 5.02 Å². The van der Waals surface area contributed by atoms with Gasteiger partial charge in [-0.25, -0.2) is 0 Å². The summed E-state index contributed by atoms with van der Waals surface area (Å²) in [6.45, 7) is 1.94. The number of amides is 1. The maximum absolute atomic E-state index is 12.1. The third kappa shape index (κ3) is 5.19. The maximum Gasteiger partial charge on any atom is 0.217 e. The molecule has 21 heavy (non-hydrogen) atoms. The Labute approximate surface area is 136 Å². The lowest BCUT2D eigenvalue weighted by Crippen LogP contribution is -2.18. The molecule has 1 amide bonds. The molecule has 0 saturated heterocycles. The minimum absolute atomic E-state index is 0.0745. The van der Waals surface area contributed by atoms with Gasteiger partial charge in [0.15, 0.2) is 5.78 Å². The minimum Gasteiger partial charge on any atom is -0.351 e. The summed E-state index contributed by atoms with van der Waals surface area (Å²) in [6, 6.07) is 11.1. The van der Waals surface area contributed by atoms with Gasteiger partial charge in [-0.3, -0.25) is 9.59 Å². The summed E-state index contributed by atoms with van der Waals surface area (Å²) in [6.07, 6.45) is 0. The molecule has 110 valence electrons. The standard InChI is InChI=1S/C15H14ClNO2S2/c1-10(18)17-8-13-6-7-15(21-13)14(19)9-20-12-4-2-11(16)3-5-12/h2-7H,8-9H2,1H3,(H,17,18). The summed E-state index contributed by atoms with van der Waals surface area (Å²) in [5.74, 6) is 0.408. The first-order valence-electron chi connectivity index (χ1n) is 6.29. The van der Waals surface area contributed by atoms with Crippen molar-refractivity contribution in [3.05, 3.63) is 51.2 Å². The lowest BCUT2D eigenvalue weighted by atomic mass is 10.3. The monoisotopic (exact) mass is 339 g/mol. The van der Waals surface area contributed by atoms with E-state index in [1.807, 2.05) is 36.4 Å². The number of Topliss-reactive ketones (excluding diaryl/α,β-unsaturated/α-hetero) is 1. The SMILES string of the molecule is CC(=O)NCc1ccc(C(=O)CSc2ccc(Cl)cc2)s1. The highest BCUT2D eigenvalue weighted by atomic mass is 35.5. The predicted molar refractivity (Wildman–Crippen MR) is 88.3 cm³/mol. The normalized spacial score (nSPS) is 10.4. The molecule has 2 rings (SSSR count). The van der Waals surface area contributed by atoms with Crippen LogP contribution in [-0.4, -0.2) is 17.4 Å². The molecule has 0 aliphatic rings. The van der Waals surface area contributed by atoms with Crippen molar-refractivity contribution in [1.82, 2.24) is 5.32 Å². The Balaban J connectivity index is 1.88. The maximum atomic E-state index is 12.1. The summed E-state index contributed by atoms with van der Waals surface area (Å²) >= 11 is 8.73. The van der Waals surface area contributed by atoms with E-state index in [9.17, 15) is 9.59 Å². The summed E-state index contributed by atoms with van der Waals surface area (Å²) < 4.78 is 0. The second-order valence-electron chi connectivity index (χ2n) is 4.34. The molecule has 3 nitrogen and oxygen atoms in total. The Kier molecular flexibility index (Phi) is 5.85. The number of thiophene rings is 1. The number of rotatable bonds is 6. The second kappa shape index (κ2) is 7.64. The van der Waals surface area contributed by atoms with E-state index in [0.29, 0.717) is 17.3 Å². The van der Waals surface area contributed by atoms with E-state index in [2.05, 4.69) is 5.32 Å². The first-order valence-corrected chi connectivity index (χ1v) is 8.47. The van der Waals surface area contributed by atoms with E-state index in [-0.39, 0.29) is 11.7 Å². The van der Waals surface area contributed by atoms with Gasteiger partial charge < -0.3 is 5.32 Å². The Morgan fingerprint density at radius 1 is 1.19 bits per heavy atom.